The van der Waals surface area contributed by atoms with E-state index in [1.807, 2.05) is 11.6 Å². The van der Waals surface area contributed by atoms with Crippen LogP contribution in [0, 0.1) is 13.8 Å². The Hall–Kier alpha value is -1.32. The molecule has 4 heteroatoms. The van der Waals surface area contributed by atoms with E-state index in [9.17, 15) is 0 Å². The predicted octanol–water partition coefficient (Wildman–Crippen LogP) is 2.12. The van der Waals surface area contributed by atoms with Gasteiger partial charge in [-0.15, -0.1) is 0 Å². The number of aromatic nitrogens is 2. The van der Waals surface area contributed by atoms with Crippen molar-refractivity contribution in [2.24, 2.45) is 4.99 Å². The Morgan fingerprint density at radius 3 is 2.73 bits per heavy atom. The summed E-state index contributed by atoms with van der Waals surface area (Å²) in [6, 6.07) is 0. The second-order valence-corrected chi connectivity index (χ2v) is 3.92. The zero-order valence-electron chi connectivity index (χ0n) is 9.67. The number of hydrogen-bond donors (Lipinski definition) is 1. The third-order valence-corrected chi connectivity index (χ3v) is 2.82. The van der Waals surface area contributed by atoms with E-state index in [-0.39, 0.29) is 0 Å². The van der Waals surface area contributed by atoms with Gasteiger partial charge in [0.15, 0.2) is 0 Å². The molecule has 15 heavy (non-hydrogen) atoms. The molecule has 2 heterocycles. The molecule has 0 unspecified atom stereocenters. The van der Waals surface area contributed by atoms with Gasteiger partial charge < -0.3 is 5.32 Å². The zero-order valence-corrected chi connectivity index (χ0v) is 9.67. The highest BCUT2D eigenvalue weighted by atomic mass is 15.3. The van der Waals surface area contributed by atoms with Crippen molar-refractivity contribution in [1.82, 2.24) is 9.78 Å². The molecular formula is C11H18N4. The minimum absolute atomic E-state index is 0.917. The molecular weight excluding hydrogens is 188 g/mol. The van der Waals surface area contributed by atoms with E-state index >= 15 is 0 Å². The van der Waals surface area contributed by atoms with E-state index in [2.05, 4.69) is 29.3 Å². The van der Waals surface area contributed by atoms with Gasteiger partial charge in [-0.1, -0.05) is 0 Å². The van der Waals surface area contributed by atoms with Gasteiger partial charge >= 0.3 is 0 Å². The van der Waals surface area contributed by atoms with Gasteiger partial charge in [0.25, 0.3) is 0 Å². The Bertz CT molecular complexity index is 390. The fourth-order valence-electron chi connectivity index (χ4n) is 1.97. The van der Waals surface area contributed by atoms with E-state index in [0.717, 1.165) is 36.7 Å². The van der Waals surface area contributed by atoms with E-state index in [1.54, 1.807) is 0 Å². The van der Waals surface area contributed by atoms with Crippen molar-refractivity contribution < 1.29 is 0 Å². The van der Waals surface area contributed by atoms with E-state index in [1.165, 1.54) is 12.1 Å². The van der Waals surface area contributed by atoms with Crippen molar-refractivity contribution in [3.05, 3.63) is 11.4 Å². The molecule has 2 rings (SSSR count). The number of nitrogens with zero attached hydrogens (tertiary/aromatic N) is 3. The zero-order chi connectivity index (χ0) is 10.8. The monoisotopic (exact) mass is 206 g/mol. The Morgan fingerprint density at radius 1 is 1.40 bits per heavy atom. The van der Waals surface area contributed by atoms with Crippen molar-refractivity contribution in [3.8, 4) is 0 Å². The maximum atomic E-state index is 4.47. The molecule has 4 nitrogen and oxygen atoms in total. The van der Waals surface area contributed by atoms with Gasteiger partial charge in [-0.25, -0.2) is 0 Å². The summed E-state index contributed by atoms with van der Waals surface area (Å²) in [5.74, 6) is 1.11. The number of amidine groups is 1. The molecule has 1 aliphatic rings. The molecule has 0 amide bonds. The second kappa shape index (κ2) is 4.04. The van der Waals surface area contributed by atoms with Crippen LogP contribution >= 0.6 is 0 Å². The molecule has 0 bridgehead atoms. The topological polar surface area (TPSA) is 42.2 Å². The lowest BCUT2D eigenvalue weighted by Gasteiger charge is -2.06. The molecule has 1 aromatic heterocycles. The van der Waals surface area contributed by atoms with Crippen molar-refractivity contribution in [2.75, 3.05) is 11.9 Å². The van der Waals surface area contributed by atoms with Gasteiger partial charge in [-0.3, -0.25) is 9.67 Å². The highest BCUT2D eigenvalue weighted by Crippen LogP contribution is 2.20. The molecule has 1 aromatic rings. The van der Waals surface area contributed by atoms with Gasteiger partial charge in [-0.05, 0) is 27.2 Å². The molecule has 0 saturated heterocycles. The van der Waals surface area contributed by atoms with Gasteiger partial charge in [0.2, 0.25) is 0 Å². The van der Waals surface area contributed by atoms with Crippen LogP contribution in [0.25, 0.3) is 0 Å². The minimum Gasteiger partial charge on any atom is -0.341 e. The average molecular weight is 206 g/mol. The maximum absolute atomic E-state index is 4.47. The van der Waals surface area contributed by atoms with Crippen molar-refractivity contribution in [1.29, 1.82) is 0 Å². The van der Waals surface area contributed by atoms with Crippen LogP contribution in [0.2, 0.25) is 0 Å². The van der Waals surface area contributed by atoms with Crippen LogP contribution in [0.3, 0.4) is 0 Å². The summed E-state index contributed by atoms with van der Waals surface area (Å²) in [5, 5.41) is 7.87. The lowest BCUT2D eigenvalue weighted by Crippen LogP contribution is -2.10. The summed E-state index contributed by atoms with van der Waals surface area (Å²) >= 11 is 0. The fourth-order valence-corrected chi connectivity index (χ4v) is 1.97. The number of aliphatic imine (C=N–C) groups is 1. The van der Waals surface area contributed by atoms with Crippen LogP contribution in [0.1, 0.15) is 31.2 Å². The number of hydrogen-bond acceptors (Lipinski definition) is 3. The number of rotatable bonds is 2. The third kappa shape index (κ3) is 1.89. The van der Waals surface area contributed by atoms with Gasteiger partial charge in [0.1, 0.15) is 5.84 Å². The first-order valence-electron chi connectivity index (χ1n) is 5.56. The molecule has 0 fully saturated rings. The van der Waals surface area contributed by atoms with Crippen molar-refractivity contribution in [3.63, 3.8) is 0 Å². The maximum Gasteiger partial charge on any atom is 0.101 e. The van der Waals surface area contributed by atoms with Crippen LogP contribution in [0.4, 0.5) is 5.69 Å². The standard InChI is InChI=1S/C11H18N4/c1-4-15-9(3)11(8(2)14-15)13-10-6-5-7-12-10/h4-7H2,1-3H3,(H,12,13). The molecule has 0 aliphatic carbocycles. The molecule has 0 aromatic carbocycles. The average Bonchev–Trinajstić information content (AvgIpc) is 2.81. The van der Waals surface area contributed by atoms with Crippen LogP contribution in [0.5, 0.6) is 0 Å². The summed E-state index contributed by atoms with van der Waals surface area (Å²) in [5.41, 5.74) is 3.39. The lowest BCUT2D eigenvalue weighted by atomic mass is 10.3. The van der Waals surface area contributed by atoms with Crippen molar-refractivity contribution in [2.45, 2.75) is 40.2 Å². The van der Waals surface area contributed by atoms with E-state index in [4.69, 9.17) is 0 Å². The predicted molar refractivity (Wildman–Crippen MR) is 62.5 cm³/mol. The minimum atomic E-state index is 0.917. The van der Waals surface area contributed by atoms with Crippen LogP contribution in [-0.4, -0.2) is 22.2 Å². The molecule has 0 radical (unpaired) electrons. The molecule has 0 atom stereocenters. The molecule has 1 aliphatic heterocycles. The van der Waals surface area contributed by atoms with Crippen LogP contribution in [-0.2, 0) is 6.54 Å². The molecule has 82 valence electrons. The van der Waals surface area contributed by atoms with Gasteiger partial charge in [0, 0.05) is 19.5 Å². The van der Waals surface area contributed by atoms with Crippen LogP contribution < -0.4 is 5.32 Å². The Balaban J connectivity index is 2.23. The summed E-state index contributed by atoms with van der Waals surface area (Å²) in [4.78, 5) is 4.42. The summed E-state index contributed by atoms with van der Waals surface area (Å²) in [6.45, 7) is 8.12. The number of nitrogens with one attached hydrogen (secondary N) is 1. The Kier molecular flexibility index (Phi) is 2.75. The largest absolute Gasteiger partial charge is 0.341 e. The van der Waals surface area contributed by atoms with E-state index in [0.29, 0.717) is 0 Å². The summed E-state index contributed by atoms with van der Waals surface area (Å²) in [7, 11) is 0. The second-order valence-electron chi connectivity index (χ2n) is 3.92. The normalized spacial score (nSPS) is 15.5. The highest BCUT2D eigenvalue weighted by Gasteiger charge is 2.13. The first kappa shape index (κ1) is 10.2. The van der Waals surface area contributed by atoms with Gasteiger partial charge in [0.05, 0.1) is 17.1 Å². The molecule has 0 spiro atoms. The lowest BCUT2D eigenvalue weighted by molar-refractivity contribution is 0.634. The first-order valence-corrected chi connectivity index (χ1v) is 5.56. The molecule has 0 saturated carbocycles. The number of aryl methyl sites for hydroxylation is 2. The van der Waals surface area contributed by atoms with Gasteiger partial charge in [-0.2, -0.15) is 5.10 Å². The third-order valence-electron chi connectivity index (χ3n) is 2.82. The van der Waals surface area contributed by atoms with Crippen molar-refractivity contribution >= 4 is 11.5 Å². The number of anilines is 1. The van der Waals surface area contributed by atoms with E-state index < -0.39 is 0 Å². The Labute approximate surface area is 90.4 Å². The fraction of sp³-hybridized carbons (Fsp3) is 0.636. The quantitative estimate of drug-likeness (QED) is 0.805. The SMILES string of the molecule is CCn1nc(C)c(NC2=NCCC2)c1C. The molecule has 1 N–H and O–H groups in total. The highest BCUT2D eigenvalue weighted by molar-refractivity contribution is 5.97. The summed E-state index contributed by atoms with van der Waals surface area (Å²) < 4.78 is 2.02. The first-order chi connectivity index (χ1) is 7.22. The van der Waals surface area contributed by atoms with Crippen LogP contribution in [0.15, 0.2) is 4.99 Å². The summed E-state index contributed by atoms with van der Waals surface area (Å²) in [6.07, 6.45) is 2.23. The smallest absolute Gasteiger partial charge is 0.101 e. The Morgan fingerprint density at radius 2 is 2.20 bits per heavy atom.